The minimum Gasteiger partial charge on any atom is -0.366 e. The summed E-state index contributed by atoms with van der Waals surface area (Å²) in [5.74, 6) is -0.536. The van der Waals surface area contributed by atoms with Gasteiger partial charge >= 0.3 is 6.18 Å². The van der Waals surface area contributed by atoms with Crippen molar-refractivity contribution in [2.24, 2.45) is 5.73 Å². The number of primary amides is 1. The molecule has 1 aromatic rings. The predicted octanol–water partition coefficient (Wildman–Crippen LogP) is 3.86. The van der Waals surface area contributed by atoms with E-state index < -0.39 is 17.6 Å². The third-order valence-corrected chi connectivity index (χ3v) is 3.66. The monoisotopic (exact) mass is 283 g/mol. The maximum Gasteiger partial charge on any atom is 0.416 e. The Kier molecular flexibility index (Phi) is 3.88. The van der Waals surface area contributed by atoms with E-state index in [4.69, 9.17) is 5.73 Å². The lowest BCUT2D eigenvalue weighted by molar-refractivity contribution is -0.137. The van der Waals surface area contributed by atoms with Crippen LogP contribution in [0.4, 0.5) is 13.2 Å². The number of carbonyl (C=O) groups is 1. The van der Waals surface area contributed by atoms with E-state index in [0.29, 0.717) is 17.5 Å². The number of alkyl halides is 3. The maximum absolute atomic E-state index is 12.8. The second-order valence-electron chi connectivity index (χ2n) is 5.17. The number of rotatable bonds is 1. The molecule has 2 N–H and O–H groups in total. The molecule has 108 valence electrons. The van der Waals surface area contributed by atoms with Crippen LogP contribution >= 0.6 is 0 Å². The SMILES string of the molecule is CC1CCC/C(=C\C(N)=O)c2ccc(C(F)(F)F)cc21. The highest BCUT2D eigenvalue weighted by molar-refractivity contribution is 5.94. The molecule has 1 aromatic carbocycles. The molecule has 2 rings (SSSR count). The van der Waals surface area contributed by atoms with Crippen LogP contribution in [-0.4, -0.2) is 5.91 Å². The summed E-state index contributed by atoms with van der Waals surface area (Å²) in [5.41, 5.74) is 6.60. The number of fused-ring (bicyclic) bond motifs is 1. The molecular weight excluding hydrogens is 267 g/mol. The largest absolute Gasteiger partial charge is 0.416 e. The molecular formula is C15H16F3NO. The van der Waals surface area contributed by atoms with Crippen LogP contribution in [0.3, 0.4) is 0 Å². The molecule has 1 atom stereocenters. The number of benzene rings is 1. The van der Waals surface area contributed by atoms with Crippen LogP contribution < -0.4 is 5.73 Å². The van der Waals surface area contributed by atoms with Gasteiger partial charge in [0.2, 0.25) is 5.91 Å². The van der Waals surface area contributed by atoms with Crippen LogP contribution in [-0.2, 0) is 11.0 Å². The van der Waals surface area contributed by atoms with Crippen LogP contribution in [0.1, 0.15) is 48.8 Å². The van der Waals surface area contributed by atoms with Crippen LogP contribution in [0.5, 0.6) is 0 Å². The Morgan fingerprint density at radius 1 is 1.40 bits per heavy atom. The van der Waals surface area contributed by atoms with E-state index in [2.05, 4.69) is 0 Å². The van der Waals surface area contributed by atoms with E-state index >= 15 is 0 Å². The van der Waals surface area contributed by atoms with Gasteiger partial charge in [0, 0.05) is 6.08 Å². The zero-order valence-corrected chi connectivity index (χ0v) is 11.1. The van der Waals surface area contributed by atoms with Crippen LogP contribution in [0.2, 0.25) is 0 Å². The summed E-state index contributed by atoms with van der Waals surface area (Å²) >= 11 is 0. The van der Waals surface area contributed by atoms with Crippen LogP contribution in [0.25, 0.3) is 5.57 Å². The Balaban J connectivity index is 2.57. The molecule has 0 saturated heterocycles. The Hall–Kier alpha value is -1.78. The lowest BCUT2D eigenvalue weighted by atomic mass is 9.91. The zero-order valence-electron chi connectivity index (χ0n) is 11.1. The molecule has 0 fully saturated rings. The van der Waals surface area contributed by atoms with E-state index in [1.165, 1.54) is 18.2 Å². The quantitative estimate of drug-likeness (QED) is 0.617. The van der Waals surface area contributed by atoms with Gasteiger partial charge in [-0.15, -0.1) is 0 Å². The summed E-state index contributed by atoms with van der Waals surface area (Å²) in [7, 11) is 0. The van der Waals surface area contributed by atoms with Crippen molar-refractivity contribution in [2.75, 3.05) is 0 Å². The van der Waals surface area contributed by atoms with Gasteiger partial charge in [0.1, 0.15) is 0 Å². The van der Waals surface area contributed by atoms with Crippen LogP contribution in [0, 0.1) is 0 Å². The van der Waals surface area contributed by atoms with Crippen molar-refractivity contribution in [2.45, 2.75) is 38.3 Å². The Labute approximate surface area is 115 Å². The fourth-order valence-electron chi connectivity index (χ4n) is 2.65. The number of halogens is 3. The topological polar surface area (TPSA) is 43.1 Å². The van der Waals surface area contributed by atoms with E-state index in [0.717, 1.165) is 24.5 Å². The van der Waals surface area contributed by atoms with Crippen molar-refractivity contribution < 1.29 is 18.0 Å². The molecule has 0 spiro atoms. The van der Waals surface area contributed by atoms with Crippen molar-refractivity contribution >= 4 is 11.5 Å². The Morgan fingerprint density at radius 2 is 2.10 bits per heavy atom. The van der Waals surface area contributed by atoms with Crippen molar-refractivity contribution in [3.8, 4) is 0 Å². The lowest BCUT2D eigenvalue weighted by Gasteiger charge is -2.16. The molecule has 20 heavy (non-hydrogen) atoms. The third kappa shape index (κ3) is 3.03. The van der Waals surface area contributed by atoms with E-state index in [9.17, 15) is 18.0 Å². The van der Waals surface area contributed by atoms with E-state index in [1.54, 1.807) is 0 Å². The zero-order chi connectivity index (χ0) is 14.9. The second kappa shape index (κ2) is 5.31. The number of hydrogen-bond acceptors (Lipinski definition) is 1. The molecule has 1 amide bonds. The van der Waals surface area contributed by atoms with Crippen molar-refractivity contribution in [3.05, 3.63) is 41.0 Å². The van der Waals surface area contributed by atoms with Gasteiger partial charge < -0.3 is 5.73 Å². The van der Waals surface area contributed by atoms with Crippen molar-refractivity contribution in [3.63, 3.8) is 0 Å². The molecule has 1 unspecified atom stereocenters. The minimum atomic E-state index is -4.35. The Bertz CT molecular complexity index is 561. The Morgan fingerprint density at radius 3 is 2.70 bits per heavy atom. The van der Waals surface area contributed by atoms with E-state index in [-0.39, 0.29) is 5.92 Å². The predicted molar refractivity (Wildman–Crippen MR) is 70.9 cm³/mol. The smallest absolute Gasteiger partial charge is 0.366 e. The molecule has 1 aliphatic carbocycles. The minimum absolute atomic E-state index is 0.0334. The number of carbonyl (C=O) groups excluding carboxylic acids is 1. The number of amides is 1. The molecule has 0 radical (unpaired) electrons. The first-order chi connectivity index (χ1) is 9.29. The highest BCUT2D eigenvalue weighted by Crippen LogP contribution is 2.39. The normalized spacial score (nSPS) is 21.4. The first-order valence-corrected chi connectivity index (χ1v) is 6.50. The van der Waals surface area contributed by atoms with Gasteiger partial charge in [0.15, 0.2) is 0 Å². The van der Waals surface area contributed by atoms with Crippen LogP contribution in [0.15, 0.2) is 24.3 Å². The summed E-state index contributed by atoms with van der Waals surface area (Å²) < 4.78 is 38.4. The molecule has 0 aromatic heterocycles. The standard InChI is InChI=1S/C15H16F3NO/c1-9-3-2-4-10(7-14(19)20)12-6-5-11(8-13(9)12)15(16,17)18/h5-9H,2-4H2,1H3,(H2,19,20)/b10-7+. The number of nitrogens with two attached hydrogens (primary N) is 1. The molecule has 2 nitrogen and oxygen atoms in total. The third-order valence-electron chi connectivity index (χ3n) is 3.66. The molecule has 0 heterocycles. The molecule has 0 bridgehead atoms. The molecule has 5 heteroatoms. The first-order valence-electron chi connectivity index (χ1n) is 6.50. The van der Waals surface area contributed by atoms with Gasteiger partial charge in [-0.25, -0.2) is 0 Å². The number of allylic oxidation sites excluding steroid dienone is 1. The molecule has 0 saturated carbocycles. The van der Waals surface area contributed by atoms with E-state index in [1.807, 2.05) is 6.92 Å². The summed E-state index contributed by atoms with van der Waals surface area (Å²) in [6.07, 6.45) is -0.745. The van der Waals surface area contributed by atoms with Crippen molar-refractivity contribution in [1.29, 1.82) is 0 Å². The van der Waals surface area contributed by atoms with Gasteiger partial charge in [0.05, 0.1) is 5.56 Å². The molecule has 1 aliphatic rings. The average Bonchev–Trinajstić information content (AvgIpc) is 2.48. The average molecular weight is 283 g/mol. The first kappa shape index (κ1) is 14.6. The highest BCUT2D eigenvalue weighted by atomic mass is 19.4. The summed E-state index contributed by atoms with van der Waals surface area (Å²) in [6.45, 7) is 1.91. The highest BCUT2D eigenvalue weighted by Gasteiger charge is 2.32. The van der Waals surface area contributed by atoms with Gasteiger partial charge in [-0.05, 0) is 54.0 Å². The van der Waals surface area contributed by atoms with Gasteiger partial charge in [-0.2, -0.15) is 13.2 Å². The second-order valence-corrected chi connectivity index (χ2v) is 5.17. The summed E-state index contributed by atoms with van der Waals surface area (Å²) in [5, 5.41) is 0. The fourth-order valence-corrected chi connectivity index (χ4v) is 2.65. The maximum atomic E-state index is 12.8. The lowest BCUT2D eigenvalue weighted by Crippen LogP contribution is -2.09. The molecule has 0 aliphatic heterocycles. The fraction of sp³-hybridized carbons (Fsp3) is 0.400. The van der Waals surface area contributed by atoms with Crippen molar-refractivity contribution in [1.82, 2.24) is 0 Å². The summed E-state index contributed by atoms with van der Waals surface area (Å²) in [6, 6.07) is 3.71. The van der Waals surface area contributed by atoms with Gasteiger partial charge in [-0.1, -0.05) is 13.0 Å². The summed E-state index contributed by atoms with van der Waals surface area (Å²) in [4.78, 5) is 11.1. The van der Waals surface area contributed by atoms with Gasteiger partial charge in [-0.3, -0.25) is 4.79 Å². The van der Waals surface area contributed by atoms with Gasteiger partial charge in [0.25, 0.3) is 0 Å². The number of hydrogen-bond donors (Lipinski definition) is 1.